The highest BCUT2D eigenvalue weighted by Crippen LogP contribution is 2.44. The summed E-state index contributed by atoms with van der Waals surface area (Å²) >= 11 is 0. The number of halogens is 5. The van der Waals surface area contributed by atoms with Gasteiger partial charge in [-0.3, -0.25) is 4.79 Å². The fourth-order valence-electron chi connectivity index (χ4n) is 2.90. The molecule has 0 radical (unpaired) electrons. The summed E-state index contributed by atoms with van der Waals surface area (Å²) in [5, 5.41) is 0. The van der Waals surface area contributed by atoms with Crippen molar-refractivity contribution in [2.45, 2.75) is 12.8 Å². The van der Waals surface area contributed by atoms with Crippen molar-refractivity contribution in [3.05, 3.63) is 41.2 Å². The van der Waals surface area contributed by atoms with E-state index >= 15 is 0 Å². The molecule has 1 aromatic rings. The summed E-state index contributed by atoms with van der Waals surface area (Å²) in [5.74, 6) is -13.9. The summed E-state index contributed by atoms with van der Waals surface area (Å²) in [6, 6.07) is 0. The molecule has 0 amide bonds. The summed E-state index contributed by atoms with van der Waals surface area (Å²) in [7, 11) is 0. The van der Waals surface area contributed by atoms with Crippen LogP contribution >= 0.6 is 0 Å². The molecule has 3 atom stereocenters. The molecule has 0 heterocycles. The quantitative estimate of drug-likeness (QED) is 0.209. The second-order valence-corrected chi connectivity index (χ2v) is 5.21. The lowest BCUT2D eigenvalue weighted by atomic mass is 9.94. The molecule has 0 aliphatic heterocycles. The smallest absolute Gasteiger partial charge is 0.315 e. The molecule has 2 nitrogen and oxygen atoms in total. The van der Waals surface area contributed by atoms with E-state index < -0.39 is 46.7 Å². The number of benzene rings is 1. The SMILES string of the molecule is O=C(Oc1c(F)c(F)c(F)c(F)c1F)[C@H]1CC2C=CC1C2. The Morgan fingerprint density at radius 2 is 1.48 bits per heavy atom. The molecule has 7 heteroatoms. The van der Waals surface area contributed by atoms with Gasteiger partial charge in [0.2, 0.25) is 34.8 Å². The fourth-order valence-corrected chi connectivity index (χ4v) is 2.90. The van der Waals surface area contributed by atoms with Gasteiger partial charge in [0.25, 0.3) is 0 Å². The molecule has 112 valence electrons. The predicted octanol–water partition coefficient (Wildman–Crippen LogP) is 3.50. The Morgan fingerprint density at radius 3 is 1.95 bits per heavy atom. The number of allylic oxidation sites excluding steroid dienone is 2. The first-order chi connectivity index (χ1) is 9.90. The van der Waals surface area contributed by atoms with E-state index in [1.54, 1.807) is 6.08 Å². The Balaban J connectivity index is 1.89. The van der Waals surface area contributed by atoms with E-state index in [-0.39, 0.29) is 11.8 Å². The number of fused-ring (bicyclic) bond motifs is 2. The Morgan fingerprint density at radius 1 is 0.905 bits per heavy atom. The zero-order valence-electron chi connectivity index (χ0n) is 10.5. The third kappa shape index (κ3) is 2.11. The van der Waals surface area contributed by atoms with Crippen LogP contribution in [0.4, 0.5) is 22.0 Å². The van der Waals surface area contributed by atoms with Gasteiger partial charge in [0.05, 0.1) is 5.92 Å². The maximum Gasteiger partial charge on any atom is 0.315 e. The van der Waals surface area contributed by atoms with Crippen LogP contribution in [0.5, 0.6) is 5.75 Å². The monoisotopic (exact) mass is 304 g/mol. The van der Waals surface area contributed by atoms with Gasteiger partial charge in [0, 0.05) is 0 Å². The number of ether oxygens (including phenoxy) is 1. The van der Waals surface area contributed by atoms with Gasteiger partial charge < -0.3 is 4.74 Å². The van der Waals surface area contributed by atoms with Crippen LogP contribution in [0.3, 0.4) is 0 Å². The van der Waals surface area contributed by atoms with Crippen molar-refractivity contribution in [2.24, 2.45) is 17.8 Å². The second kappa shape index (κ2) is 4.82. The zero-order valence-corrected chi connectivity index (χ0v) is 10.5. The Kier molecular flexibility index (Phi) is 3.22. The van der Waals surface area contributed by atoms with Crippen molar-refractivity contribution in [3.63, 3.8) is 0 Å². The number of esters is 1. The third-order valence-electron chi connectivity index (χ3n) is 3.95. The minimum atomic E-state index is -2.28. The van der Waals surface area contributed by atoms with E-state index in [1.807, 2.05) is 6.08 Å². The summed E-state index contributed by atoms with van der Waals surface area (Å²) in [6.07, 6.45) is 4.93. The summed E-state index contributed by atoms with van der Waals surface area (Å²) in [6.45, 7) is 0. The van der Waals surface area contributed by atoms with Crippen molar-refractivity contribution in [1.82, 2.24) is 0 Å². The van der Waals surface area contributed by atoms with Crippen LogP contribution in [0.2, 0.25) is 0 Å². The van der Waals surface area contributed by atoms with Crippen molar-refractivity contribution in [2.75, 3.05) is 0 Å². The number of rotatable bonds is 2. The predicted molar refractivity (Wildman–Crippen MR) is 60.7 cm³/mol. The first kappa shape index (κ1) is 14.0. The Bertz CT molecular complexity index is 626. The largest absolute Gasteiger partial charge is 0.420 e. The molecule has 2 bridgehead atoms. The first-order valence-electron chi connectivity index (χ1n) is 6.31. The van der Waals surface area contributed by atoms with Crippen LogP contribution in [0, 0.1) is 46.8 Å². The summed E-state index contributed by atoms with van der Waals surface area (Å²) < 4.78 is 70.2. The van der Waals surface area contributed by atoms with Crippen LogP contribution in [0.25, 0.3) is 0 Å². The van der Waals surface area contributed by atoms with Gasteiger partial charge in [-0.1, -0.05) is 12.2 Å². The van der Waals surface area contributed by atoms with Crippen molar-refractivity contribution in [1.29, 1.82) is 0 Å². The van der Waals surface area contributed by atoms with Crippen LogP contribution in [0.15, 0.2) is 12.2 Å². The summed E-state index contributed by atoms with van der Waals surface area (Å²) in [4.78, 5) is 11.9. The number of carbonyl (C=O) groups excluding carboxylic acids is 1. The molecule has 2 aliphatic rings. The van der Waals surface area contributed by atoms with Gasteiger partial charge in [-0.15, -0.1) is 0 Å². The maximum atomic E-state index is 13.4. The molecule has 0 saturated heterocycles. The van der Waals surface area contributed by atoms with Gasteiger partial charge in [0.1, 0.15) is 0 Å². The summed E-state index contributed by atoms with van der Waals surface area (Å²) in [5.41, 5.74) is 0. The van der Waals surface area contributed by atoms with E-state index in [2.05, 4.69) is 4.74 Å². The van der Waals surface area contributed by atoms with Gasteiger partial charge in [0.15, 0.2) is 0 Å². The fraction of sp³-hybridized carbons (Fsp3) is 0.357. The highest BCUT2D eigenvalue weighted by atomic mass is 19.2. The van der Waals surface area contributed by atoms with Crippen LogP contribution in [-0.4, -0.2) is 5.97 Å². The normalized spacial score (nSPS) is 26.4. The van der Waals surface area contributed by atoms with E-state index in [0.29, 0.717) is 6.42 Å². The first-order valence-corrected chi connectivity index (χ1v) is 6.31. The molecular formula is C14H9F5O2. The molecule has 3 rings (SSSR count). The van der Waals surface area contributed by atoms with Gasteiger partial charge in [-0.2, -0.15) is 8.78 Å². The van der Waals surface area contributed by atoms with Crippen molar-refractivity contribution in [3.8, 4) is 5.75 Å². The number of hydrogen-bond donors (Lipinski definition) is 0. The maximum absolute atomic E-state index is 13.4. The van der Waals surface area contributed by atoms with Crippen LogP contribution in [0.1, 0.15) is 12.8 Å². The molecule has 1 saturated carbocycles. The van der Waals surface area contributed by atoms with E-state index in [4.69, 9.17) is 0 Å². The molecule has 2 unspecified atom stereocenters. The molecule has 2 aliphatic carbocycles. The lowest BCUT2D eigenvalue weighted by Crippen LogP contribution is -2.25. The van der Waals surface area contributed by atoms with E-state index in [9.17, 15) is 26.7 Å². The lowest BCUT2D eigenvalue weighted by molar-refractivity contribution is -0.140. The van der Waals surface area contributed by atoms with Crippen LogP contribution < -0.4 is 4.74 Å². The molecule has 0 aromatic heterocycles. The van der Waals surface area contributed by atoms with Crippen molar-refractivity contribution >= 4 is 5.97 Å². The molecule has 1 aromatic carbocycles. The lowest BCUT2D eigenvalue weighted by Gasteiger charge is -2.17. The second-order valence-electron chi connectivity index (χ2n) is 5.21. The van der Waals surface area contributed by atoms with Gasteiger partial charge in [-0.25, -0.2) is 13.2 Å². The molecule has 1 fully saturated rings. The molecular weight excluding hydrogens is 295 g/mol. The zero-order chi connectivity index (χ0) is 15.3. The average Bonchev–Trinajstić information content (AvgIpc) is 3.10. The van der Waals surface area contributed by atoms with E-state index in [1.165, 1.54) is 0 Å². The van der Waals surface area contributed by atoms with E-state index in [0.717, 1.165) is 6.42 Å². The molecule has 21 heavy (non-hydrogen) atoms. The van der Waals surface area contributed by atoms with Crippen LogP contribution in [-0.2, 0) is 4.79 Å². The standard InChI is InChI=1S/C14H9F5O2/c15-8-9(16)11(18)13(12(19)10(8)17)21-14(20)7-4-5-1-2-6(7)3-5/h1-2,5-7H,3-4H2/t5?,6?,7-/m0/s1. The number of hydrogen-bond acceptors (Lipinski definition) is 2. The number of carbonyl (C=O) groups is 1. The minimum Gasteiger partial charge on any atom is -0.420 e. The molecule has 0 N–H and O–H groups in total. The third-order valence-corrected chi connectivity index (χ3v) is 3.95. The average molecular weight is 304 g/mol. The van der Waals surface area contributed by atoms with Gasteiger partial charge >= 0.3 is 5.97 Å². The topological polar surface area (TPSA) is 26.3 Å². The van der Waals surface area contributed by atoms with Gasteiger partial charge in [-0.05, 0) is 24.7 Å². The Hall–Kier alpha value is -1.92. The van der Waals surface area contributed by atoms with Crippen molar-refractivity contribution < 1.29 is 31.5 Å². The Labute approximate surface area is 116 Å². The highest BCUT2D eigenvalue weighted by molar-refractivity contribution is 5.76. The minimum absolute atomic E-state index is 0.108. The highest BCUT2D eigenvalue weighted by Gasteiger charge is 2.42. The molecule has 0 spiro atoms.